The molecule has 0 saturated carbocycles. The van der Waals surface area contributed by atoms with E-state index in [4.69, 9.17) is 0 Å². The molecule has 0 amide bonds. The lowest BCUT2D eigenvalue weighted by Gasteiger charge is -2.06. The molecule has 0 aliphatic rings. The first kappa shape index (κ1) is 13.8. The molecule has 0 atom stereocenters. The lowest BCUT2D eigenvalue weighted by molar-refractivity contribution is -0.135. The monoisotopic (exact) mass is 282 g/mol. The van der Waals surface area contributed by atoms with Gasteiger partial charge in [-0.1, -0.05) is 29.1 Å². The van der Waals surface area contributed by atoms with Crippen LogP contribution in [0.25, 0.3) is 0 Å². The van der Waals surface area contributed by atoms with E-state index in [1.54, 1.807) is 0 Å². The fourth-order valence-corrected chi connectivity index (χ4v) is 0.944. The zero-order valence-electron chi connectivity index (χ0n) is 7.93. The van der Waals surface area contributed by atoms with Gasteiger partial charge in [-0.3, -0.25) is 0 Å². The summed E-state index contributed by atoms with van der Waals surface area (Å²) in [5.41, 5.74) is -0.0387. The van der Waals surface area contributed by atoms with Gasteiger partial charge in [-0.15, -0.1) is 0 Å². The van der Waals surface area contributed by atoms with Crippen LogP contribution in [0, 0.1) is 0 Å². The molecule has 0 aromatic heterocycles. The highest BCUT2D eigenvalue weighted by atomic mass is 79.9. The van der Waals surface area contributed by atoms with Gasteiger partial charge in [0, 0.05) is 4.48 Å². The third-order valence-corrected chi connectivity index (χ3v) is 1.67. The van der Waals surface area contributed by atoms with Crippen molar-refractivity contribution in [2.75, 3.05) is 7.11 Å². The van der Waals surface area contributed by atoms with E-state index in [1.807, 2.05) is 0 Å². The molecule has 0 aromatic carbocycles. The Morgan fingerprint density at radius 3 is 2.33 bits per heavy atom. The van der Waals surface area contributed by atoms with E-state index in [1.165, 1.54) is 0 Å². The number of carbonyl (C=O) groups excluding carboxylic acids is 1. The number of rotatable bonds is 5. The quantitative estimate of drug-likeness (QED) is 0.337. The van der Waals surface area contributed by atoms with Gasteiger partial charge in [0.1, 0.15) is 5.76 Å². The Morgan fingerprint density at radius 2 is 2.00 bits per heavy atom. The highest BCUT2D eigenvalue weighted by Gasteiger charge is 2.13. The van der Waals surface area contributed by atoms with Crippen LogP contribution >= 0.6 is 15.9 Å². The van der Waals surface area contributed by atoms with Crippen LogP contribution < -0.4 is 0 Å². The van der Waals surface area contributed by atoms with Crippen LogP contribution in [-0.4, -0.2) is 19.7 Å². The number of methoxy groups -OCH3 is 1. The topological polar surface area (TPSA) is 35.5 Å². The van der Waals surface area contributed by atoms with Crippen molar-refractivity contribution in [3.05, 3.63) is 35.0 Å². The van der Waals surface area contributed by atoms with Crippen LogP contribution in [-0.2, 0) is 14.3 Å². The van der Waals surface area contributed by atoms with Crippen molar-refractivity contribution in [2.45, 2.75) is 6.61 Å². The molecule has 0 aliphatic heterocycles. The van der Waals surface area contributed by atoms with E-state index in [2.05, 4.69) is 38.6 Å². The Morgan fingerprint density at radius 1 is 1.47 bits per heavy atom. The second-order valence-corrected chi connectivity index (χ2v) is 3.26. The highest BCUT2D eigenvalue weighted by Crippen LogP contribution is 2.19. The van der Waals surface area contributed by atoms with E-state index < -0.39 is 12.6 Å². The molecule has 0 fully saturated rings. The van der Waals surface area contributed by atoms with Crippen molar-refractivity contribution in [1.82, 2.24) is 0 Å². The molecular formula is C9H9BrF2O3. The number of hydrogen-bond donors (Lipinski definition) is 0. The van der Waals surface area contributed by atoms with Gasteiger partial charge in [-0.2, -0.15) is 8.78 Å². The summed E-state index contributed by atoms with van der Waals surface area (Å²) in [6, 6.07) is 0. The lowest BCUT2D eigenvalue weighted by atomic mass is 10.2. The number of ether oxygens (including phenoxy) is 2. The normalized spacial score (nSPS) is 11.1. The molecule has 0 saturated heterocycles. The molecule has 6 heteroatoms. The first-order valence-electron chi connectivity index (χ1n) is 3.67. The van der Waals surface area contributed by atoms with Gasteiger partial charge in [0.15, 0.2) is 0 Å². The minimum absolute atomic E-state index is 0.0387. The summed E-state index contributed by atoms with van der Waals surface area (Å²) in [6.07, 6.45) is 1.01. The van der Waals surface area contributed by atoms with Gasteiger partial charge in [0.25, 0.3) is 0 Å². The summed E-state index contributed by atoms with van der Waals surface area (Å²) in [5, 5.41) is 0. The van der Waals surface area contributed by atoms with Gasteiger partial charge < -0.3 is 9.47 Å². The number of esters is 1. The summed E-state index contributed by atoms with van der Waals surface area (Å²) in [7, 11) is 1.16. The number of halogens is 3. The zero-order valence-corrected chi connectivity index (χ0v) is 9.51. The number of allylic oxidation sites excluding steroid dienone is 1. The standard InChI is InChI=1S/C9H9BrF2O3/c1-5(15-9(11)12)4-7(6(2)10)8(13)14-3/h4,9H,1-2H2,3H3/b7-4+. The average Bonchev–Trinajstić information content (AvgIpc) is 2.11. The molecular weight excluding hydrogens is 274 g/mol. The van der Waals surface area contributed by atoms with Gasteiger partial charge in [0.2, 0.25) is 0 Å². The van der Waals surface area contributed by atoms with E-state index in [-0.39, 0.29) is 15.8 Å². The maximum Gasteiger partial charge on any atom is 0.387 e. The third-order valence-electron chi connectivity index (χ3n) is 1.24. The maximum absolute atomic E-state index is 11.8. The molecule has 0 unspecified atom stereocenters. The summed E-state index contributed by atoms with van der Waals surface area (Å²) >= 11 is 2.93. The number of alkyl halides is 2. The lowest BCUT2D eigenvalue weighted by Crippen LogP contribution is -2.06. The van der Waals surface area contributed by atoms with E-state index >= 15 is 0 Å². The van der Waals surface area contributed by atoms with Crippen LogP contribution in [0.15, 0.2) is 35.0 Å². The SMILES string of the molecule is C=C(/C=C(\C(=C)Br)C(=O)OC)OC(F)F. The molecule has 3 nitrogen and oxygen atoms in total. The van der Waals surface area contributed by atoms with Crippen molar-refractivity contribution in [1.29, 1.82) is 0 Å². The smallest absolute Gasteiger partial charge is 0.387 e. The first-order chi connectivity index (χ1) is 6.88. The predicted octanol–water partition coefficient (Wildman–Crippen LogP) is 2.75. The molecule has 15 heavy (non-hydrogen) atoms. The summed E-state index contributed by atoms with van der Waals surface area (Å²) in [4.78, 5) is 11.1. The Kier molecular flexibility index (Phi) is 5.84. The Hall–Kier alpha value is -1.17. The number of carbonyl (C=O) groups is 1. The molecule has 0 radical (unpaired) electrons. The van der Waals surface area contributed by atoms with Crippen LogP contribution in [0.5, 0.6) is 0 Å². The van der Waals surface area contributed by atoms with Crippen LogP contribution in [0.4, 0.5) is 8.78 Å². The van der Waals surface area contributed by atoms with Crippen molar-refractivity contribution in [3.63, 3.8) is 0 Å². The van der Waals surface area contributed by atoms with Crippen LogP contribution in [0.3, 0.4) is 0 Å². The minimum Gasteiger partial charge on any atom is -0.465 e. The Bertz CT molecular complexity index is 310. The second-order valence-electron chi connectivity index (χ2n) is 2.30. The highest BCUT2D eigenvalue weighted by molar-refractivity contribution is 9.12. The summed E-state index contributed by atoms with van der Waals surface area (Å²) < 4.78 is 32.1. The van der Waals surface area contributed by atoms with Gasteiger partial charge in [-0.05, 0) is 6.08 Å². The summed E-state index contributed by atoms with van der Waals surface area (Å²) in [6.45, 7) is 3.62. The van der Waals surface area contributed by atoms with Crippen LogP contribution in [0.2, 0.25) is 0 Å². The Labute approximate surface area is 94.2 Å². The first-order valence-corrected chi connectivity index (χ1v) is 4.46. The third kappa shape index (κ3) is 5.31. The van der Waals surface area contributed by atoms with E-state index in [9.17, 15) is 13.6 Å². The molecule has 0 bridgehead atoms. The molecule has 0 heterocycles. The van der Waals surface area contributed by atoms with E-state index in [0.29, 0.717) is 0 Å². The summed E-state index contributed by atoms with van der Waals surface area (Å²) in [5.74, 6) is -1.08. The fourth-order valence-electron chi connectivity index (χ4n) is 0.667. The minimum atomic E-state index is -2.99. The molecule has 0 spiro atoms. The maximum atomic E-state index is 11.8. The van der Waals surface area contributed by atoms with Gasteiger partial charge >= 0.3 is 12.6 Å². The fraction of sp³-hybridized carbons (Fsp3) is 0.222. The molecule has 0 aromatic rings. The average molecular weight is 283 g/mol. The Balaban J connectivity index is 4.77. The van der Waals surface area contributed by atoms with Crippen molar-refractivity contribution in [2.24, 2.45) is 0 Å². The molecule has 0 N–H and O–H groups in total. The second kappa shape index (κ2) is 6.34. The van der Waals surface area contributed by atoms with Crippen molar-refractivity contribution < 1.29 is 23.0 Å². The van der Waals surface area contributed by atoms with Gasteiger partial charge in [0.05, 0.1) is 12.7 Å². The zero-order chi connectivity index (χ0) is 12.0. The van der Waals surface area contributed by atoms with E-state index in [0.717, 1.165) is 13.2 Å². The van der Waals surface area contributed by atoms with Gasteiger partial charge in [-0.25, -0.2) is 4.79 Å². The number of hydrogen-bond acceptors (Lipinski definition) is 3. The predicted molar refractivity (Wildman–Crippen MR) is 54.4 cm³/mol. The largest absolute Gasteiger partial charge is 0.465 e. The molecule has 0 aliphatic carbocycles. The molecule has 0 rings (SSSR count). The van der Waals surface area contributed by atoms with Crippen molar-refractivity contribution in [3.8, 4) is 0 Å². The van der Waals surface area contributed by atoms with Crippen LogP contribution in [0.1, 0.15) is 0 Å². The molecule has 84 valence electrons. The van der Waals surface area contributed by atoms with Crippen molar-refractivity contribution >= 4 is 21.9 Å².